The van der Waals surface area contributed by atoms with E-state index >= 15 is 0 Å². The Hall–Kier alpha value is -7.06. The molecule has 0 bridgehead atoms. The molecule has 0 atom stereocenters. The van der Waals surface area contributed by atoms with Gasteiger partial charge in [-0.1, -0.05) is 100 Å². The van der Waals surface area contributed by atoms with Crippen LogP contribution in [0.25, 0.3) is 83.3 Å². The van der Waals surface area contributed by atoms with E-state index in [2.05, 4.69) is 112 Å². The van der Waals surface area contributed by atoms with E-state index in [1.54, 1.807) is 18.5 Å². The van der Waals surface area contributed by atoms with Crippen LogP contribution in [0, 0.1) is 24.3 Å². The molecule has 0 aliphatic carbocycles. The molecule has 342 valence electrons. The van der Waals surface area contributed by atoms with Gasteiger partial charge in [-0.3, -0.25) is 0 Å². The Labute approximate surface area is 426 Å². The van der Waals surface area contributed by atoms with Crippen LogP contribution in [-0.4, -0.2) is 43.6 Å². The number of fused-ring (bicyclic) bond motifs is 9. The Morgan fingerprint density at radius 1 is 0.362 bits per heavy atom. The molecule has 0 aliphatic heterocycles. The van der Waals surface area contributed by atoms with Crippen LogP contribution in [0.5, 0.6) is 23.0 Å². The molecule has 6 aromatic heterocycles. The normalized spacial score (nSPS) is 12.0. The number of rotatable bonds is 7. The maximum Gasteiger partial charge on any atom is 2.00 e. The van der Waals surface area contributed by atoms with Gasteiger partial charge in [0, 0.05) is 71.2 Å². The minimum Gasteiger partial charge on any atom is -0.509 e. The summed E-state index contributed by atoms with van der Waals surface area (Å²) >= 11 is 0. The van der Waals surface area contributed by atoms with Gasteiger partial charge in [-0.05, 0) is 50.9 Å². The molecule has 0 saturated heterocycles. The predicted molar refractivity (Wildman–Crippen MR) is 262 cm³/mol. The second-order valence-corrected chi connectivity index (χ2v) is 18.7. The van der Waals surface area contributed by atoms with Gasteiger partial charge in [-0.15, -0.1) is 59.3 Å². The smallest absolute Gasteiger partial charge is 0.509 e. The number of hydrogen-bond acceptors (Lipinski definition) is 8. The van der Waals surface area contributed by atoms with Crippen LogP contribution in [0.4, 0.5) is 0 Å². The van der Waals surface area contributed by atoms with Crippen molar-refractivity contribution >= 4 is 65.4 Å². The summed E-state index contributed by atoms with van der Waals surface area (Å²) in [6, 6.07) is 48.2. The van der Waals surface area contributed by atoms with Crippen molar-refractivity contribution in [2.75, 3.05) is 0 Å². The number of ether oxygens (including phenoxy) is 2. The molecular weight excluding hydrogens is 1220 g/mol. The number of para-hydroxylation sites is 2. The summed E-state index contributed by atoms with van der Waals surface area (Å²) in [6.07, 6.45) is 11.0. The van der Waals surface area contributed by atoms with Gasteiger partial charge in [0.1, 0.15) is 0 Å². The standard InChI is InChI=1S/C56H41N9O2.2Pt/c1-55(2,3)34-30-59-53(60-31-34)63-46-14-9-7-12-40(46)42-20-16-36(26-48(42)63)66-38-18-22-44-45-23-19-39(29-51(45)65(50(44)28-38)52-57-24-11-25-58-52)67-37-17-21-43-41-13-8-10-15-47(41)64(49(43)27-37)54-61-32-35(33-62-54)56(4,5)6;;/h7-25,30-33H,1-6H3;;/q-4;2*+2. The van der Waals surface area contributed by atoms with E-state index in [1.165, 1.54) is 0 Å². The van der Waals surface area contributed by atoms with Gasteiger partial charge >= 0.3 is 42.1 Å². The molecule has 0 spiro atoms. The zero-order valence-corrected chi connectivity index (χ0v) is 42.8. The van der Waals surface area contributed by atoms with Crippen molar-refractivity contribution in [2.24, 2.45) is 0 Å². The molecule has 12 aromatic rings. The Morgan fingerprint density at radius 3 is 1.04 bits per heavy atom. The zero-order chi connectivity index (χ0) is 45.6. The first-order valence-corrected chi connectivity index (χ1v) is 22.1. The van der Waals surface area contributed by atoms with E-state index in [1.807, 2.05) is 99.2 Å². The number of benzene rings is 6. The fraction of sp³-hybridized carbons (Fsp3) is 0.143. The average Bonchev–Trinajstić information content (AvgIpc) is 3.96. The Morgan fingerprint density at radius 2 is 0.681 bits per heavy atom. The summed E-state index contributed by atoms with van der Waals surface area (Å²) in [5, 5.41) is 6.01. The number of aromatic nitrogens is 9. The Bertz CT molecular complexity index is 3650. The SMILES string of the molecule is CC(C)(C)c1cnc(-n2c3[c-]c(Oc4[c-]c5c(cc4)c4ccc(Oc6[c-]c7c(cc6)c6ccccc6n7-c6ncc(C(C)(C)C)cn6)[c-]c4n5-c4ncccn4)ccc3c3ccccc32)nc1.[Pt+2].[Pt+2]. The maximum atomic E-state index is 6.58. The molecule has 0 aliphatic rings. The zero-order valence-electron chi connectivity index (χ0n) is 38.3. The van der Waals surface area contributed by atoms with Gasteiger partial charge in [-0.2, -0.15) is 35.0 Å². The first-order valence-electron chi connectivity index (χ1n) is 22.1. The third-order valence-electron chi connectivity index (χ3n) is 12.2. The fourth-order valence-electron chi connectivity index (χ4n) is 8.72. The van der Waals surface area contributed by atoms with Crippen molar-refractivity contribution in [3.05, 3.63) is 176 Å². The summed E-state index contributed by atoms with van der Waals surface area (Å²) in [5.41, 5.74) is 6.95. The molecule has 0 unspecified atom stereocenters. The summed E-state index contributed by atoms with van der Waals surface area (Å²) in [5.74, 6) is 3.58. The minimum absolute atomic E-state index is 0. The molecule has 13 heteroatoms. The van der Waals surface area contributed by atoms with E-state index in [-0.39, 0.29) is 53.0 Å². The van der Waals surface area contributed by atoms with Crippen LogP contribution in [0.15, 0.2) is 140 Å². The summed E-state index contributed by atoms with van der Waals surface area (Å²) in [4.78, 5) is 28.6. The first kappa shape index (κ1) is 45.7. The molecule has 12 rings (SSSR count). The van der Waals surface area contributed by atoms with Crippen LogP contribution < -0.4 is 9.47 Å². The van der Waals surface area contributed by atoms with Crippen molar-refractivity contribution in [1.82, 2.24) is 43.6 Å². The second-order valence-electron chi connectivity index (χ2n) is 18.7. The van der Waals surface area contributed by atoms with E-state index in [4.69, 9.17) is 29.4 Å². The number of nitrogens with zero attached hydrogens (tertiary/aromatic N) is 9. The van der Waals surface area contributed by atoms with Crippen LogP contribution in [0.3, 0.4) is 0 Å². The van der Waals surface area contributed by atoms with Crippen LogP contribution in [0.2, 0.25) is 0 Å². The van der Waals surface area contributed by atoms with E-state index in [0.29, 0.717) is 51.9 Å². The van der Waals surface area contributed by atoms with Crippen molar-refractivity contribution < 1.29 is 51.6 Å². The van der Waals surface area contributed by atoms with Gasteiger partial charge < -0.3 is 23.2 Å². The Balaban J connectivity index is 0.00000277. The van der Waals surface area contributed by atoms with Gasteiger partial charge in [0.25, 0.3) is 0 Å². The third kappa shape index (κ3) is 7.97. The summed E-state index contributed by atoms with van der Waals surface area (Å²) in [6.45, 7) is 12.9. The topological polar surface area (TPSA) is 111 Å². The predicted octanol–water partition coefficient (Wildman–Crippen LogP) is 12.7. The quantitative estimate of drug-likeness (QED) is 0.145. The molecule has 0 fully saturated rings. The average molecular weight is 1260 g/mol. The van der Waals surface area contributed by atoms with Crippen LogP contribution in [0.1, 0.15) is 52.7 Å². The molecular formula is C56H41N9O2Pt2. The molecule has 11 nitrogen and oxygen atoms in total. The molecule has 0 radical (unpaired) electrons. The van der Waals surface area contributed by atoms with E-state index in [0.717, 1.165) is 65.5 Å². The minimum atomic E-state index is -0.0775. The van der Waals surface area contributed by atoms with Gasteiger partial charge in [0.15, 0.2) is 0 Å². The molecule has 0 amide bonds. The maximum absolute atomic E-state index is 6.58. The molecule has 0 saturated carbocycles. The second kappa shape index (κ2) is 17.5. The number of hydrogen-bond donors (Lipinski definition) is 0. The van der Waals surface area contributed by atoms with E-state index < -0.39 is 0 Å². The van der Waals surface area contributed by atoms with Crippen molar-refractivity contribution in [3.63, 3.8) is 0 Å². The molecule has 0 N–H and O–H groups in total. The summed E-state index contributed by atoms with van der Waals surface area (Å²) in [7, 11) is 0. The Kier molecular flexibility index (Phi) is 11.6. The van der Waals surface area contributed by atoms with Crippen molar-refractivity contribution in [1.29, 1.82) is 0 Å². The molecule has 6 aromatic carbocycles. The van der Waals surface area contributed by atoms with Crippen molar-refractivity contribution in [2.45, 2.75) is 52.4 Å². The molecule has 69 heavy (non-hydrogen) atoms. The van der Waals surface area contributed by atoms with Crippen LogP contribution >= 0.6 is 0 Å². The van der Waals surface area contributed by atoms with Crippen molar-refractivity contribution in [3.8, 4) is 40.8 Å². The first-order chi connectivity index (χ1) is 32.5. The van der Waals surface area contributed by atoms with Gasteiger partial charge in [0.05, 0.1) is 0 Å². The fourth-order valence-corrected chi connectivity index (χ4v) is 8.72. The van der Waals surface area contributed by atoms with Crippen LogP contribution in [-0.2, 0) is 53.0 Å². The largest absolute Gasteiger partial charge is 2.00 e. The monoisotopic (exact) mass is 1260 g/mol. The molecule has 6 heterocycles. The third-order valence-corrected chi connectivity index (χ3v) is 12.2. The summed E-state index contributed by atoms with van der Waals surface area (Å²) < 4.78 is 19.2. The van der Waals surface area contributed by atoms with Gasteiger partial charge in [0.2, 0.25) is 17.8 Å². The van der Waals surface area contributed by atoms with E-state index in [9.17, 15) is 0 Å². The van der Waals surface area contributed by atoms with Gasteiger partial charge in [-0.25, -0.2) is 29.9 Å².